The van der Waals surface area contributed by atoms with Gasteiger partial charge >= 0.3 is 6.09 Å². The van der Waals surface area contributed by atoms with Crippen LogP contribution in [0.25, 0.3) is 0 Å². The van der Waals surface area contributed by atoms with Crippen LogP contribution in [0.3, 0.4) is 0 Å². The first-order valence-corrected chi connectivity index (χ1v) is 8.08. The van der Waals surface area contributed by atoms with E-state index in [0.29, 0.717) is 17.9 Å². The maximum atomic E-state index is 11.7. The molecule has 0 bridgehead atoms. The molecule has 0 radical (unpaired) electrons. The van der Waals surface area contributed by atoms with Gasteiger partial charge in [0, 0.05) is 13.1 Å². The SMILES string of the molecule is CC[C@H]1C[C@H](CNC(=O)OCCN(CC)CC)C1(C)C. The number of ether oxygens (including phenoxy) is 1. The Labute approximate surface area is 124 Å². The molecule has 0 aromatic heterocycles. The molecule has 1 fully saturated rings. The van der Waals surface area contributed by atoms with Crippen LogP contribution in [-0.2, 0) is 4.74 Å². The highest BCUT2D eigenvalue weighted by molar-refractivity contribution is 5.67. The van der Waals surface area contributed by atoms with Crippen molar-refractivity contribution >= 4 is 6.09 Å². The van der Waals surface area contributed by atoms with Crippen molar-refractivity contribution in [2.75, 3.05) is 32.8 Å². The van der Waals surface area contributed by atoms with Crippen molar-refractivity contribution < 1.29 is 9.53 Å². The van der Waals surface area contributed by atoms with Crippen molar-refractivity contribution in [3.8, 4) is 0 Å². The van der Waals surface area contributed by atoms with Gasteiger partial charge in [0.2, 0.25) is 0 Å². The molecule has 0 unspecified atom stereocenters. The van der Waals surface area contributed by atoms with Crippen LogP contribution in [0.5, 0.6) is 0 Å². The first-order valence-electron chi connectivity index (χ1n) is 8.08. The zero-order valence-electron chi connectivity index (χ0n) is 13.9. The fraction of sp³-hybridized carbons (Fsp3) is 0.938. The molecule has 1 amide bonds. The Balaban J connectivity index is 2.15. The van der Waals surface area contributed by atoms with E-state index in [-0.39, 0.29) is 6.09 Å². The lowest BCUT2D eigenvalue weighted by Crippen LogP contribution is -2.49. The van der Waals surface area contributed by atoms with E-state index in [4.69, 9.17) is 4.74 Å². The van der Waals surface area contributed by atoms with E-state index in [2.05, 4.69) is 44.8 Å². The highest BCUT2D eigenvalue weighted by Crippen LogP contribution is 2.52. The van der Waals surface area contributed by atoms with Crippen LogP contribution in [0.15, 0.2) is 0 Å². The predicted octanol–water partition coefficient (Wildman–Crippen LogP) is 3.13. The van der Waals surface area contributed by atoms with Crippen molar-refractivity contribution in [1.82, 2.24) is 10.2 Å². The summed E-state index contributed by atoms with van der Waals surface area (Å²) in [5.41, 5.74) is 0.350. The summed E-state index contributed by atoms with van der Waals surface area (Å²) in [4.78, 5) is 13.9. The van der Waals surface area contributed by atoms with Crippen molar-refractivity contribution in [1.29, 1.82) is 0 Å². The largest absolute Gasteiger partial charge is 0.448 e. The summed E-state index contributed by atoms with van der Waals surface area (Å²) in [5, 5.41) is 2.91. The van der Waals surface area contributed by atoms with Crippen LogP contribution in [0.2, 0.25) is 0 Å². The van der Waals surface area contributed by atoms with E-state index in [0.717, 1.165) is 32.1 Å². The number of hydrogen-bond donors (Lipinski definition) is 1. The first-order chi connectivity index (χ1) is 9.45. The number of likely N-dealkylation sites (N-methyl/N-ethyl adjacent to an activating group) is 1. The Morgan fingerprint density at radius 1 is 1.25 bits per heavy atom. The molecule has 0 spiro atoms. The number of hydrogen-bond acceptors (Lipinski definition) is 3. The Bertz CT molecular complexity index is 301. The molecule has 1 saturated carbocycles. The molecule has 0 heterocycles. The van der Waals surface area contributed by atoms with Crippen LogP contribution in [0.4, 0.5) is 4.79 Å². The fourth-order valence-electron chi connectivity index (χ4n) is 3.23. The maximum absolute atomic E-state index is 11.7. The van der Waals surface area contributed by atoms with E-state index in [1.807, 2.05) is 0 Å². The molecule has 2 atom stereocenters. The van der Waals surface area contributed by atoms with Gasteiger partial charge < -0.3 is 15.0 Å². The molecule has 1 rings (SSSR count). The summed E-state index contributed by atoms with van der Waals surface area (Å²) in [5.74, 6) is 1.38. The Kier molecular flexibility index (Phi) is 6.80. The average molecular weight is 284 g/mol. The van der Waals surface area contributed by atoms with Gasteiger partial charge in [0.25, 0.3) is 0 Å². The standard InChI is InChI=1S/C16H32N2O2/c1-6-13-11-14(16(13,4)5)12-17-15(19)20-10-9-18(7-2)8-3/h13-14H,6-12H2,1-5H3,(H,17,19)/t13-,14+/m0/s1. The summed E-state index contributed by atoms with van der Waals surface area (Å²) in [6, 6.07) is 0. The molecule has 20 heavy (non-hydrogen) atoms. The third-order valence-corrected chi connectivity index (χ3v) is 5.19. The minimum Gasteiger partial charge on any atom is -0.448 e. The monoisotopic (exact) mass is 284 g/mol. The number of alkyl carbamates (subject to hydrolysis) is 1. The Morgan fingerprint density at radius 3 is 2.40 bits per heavy atom. The van der Waals surface area contributed by atoms with E-state index < -0.39 is 0 Å². The van der Waals surface area contributed by atoms with E-state index >= 15 is 0 Å². The molecule has 4 nitrogen and oxygen atoms in total. The highest BCUT2D eigenvalue weighted by atomic mass is 16.5. The molecule has 1 N–H and O–H groups in total. The molecule has 118 valence electrons. The number of amides is 1. The summed E-state index contributed by atoms with van der Waals surface area (Å²) in [6.07, 6.45) is 2.19. The average Bonchev–Trinajstić information content (AvgIpc) is 2.42. The highest BCUT2D eigenvalue weighted by Gasteiger charge is 2.46. The van der Waals surface area contributed by atoms with Crippen LogP contribution in [0, 0.1) is 17.3 Å². The maximum Gasteiger partial charge on any atom is 0.407 e. The molecule has 1 aliphatic carbocycles. The van der Waals surface area contributed by atoms with Crippen LogP contribution >= 0.6 is 0 Å². The minimum atomic E-state index is -0.270. The Morgan fingerprint density at radius 2 is 1.90 bits per heavy atom. The molecule has 1 aliphatic rings. The topological polar surface area (TPSA) is 41.6 Å². The lowest BCUT2D eigenvalue weighted by atomic mass is 9.54. The number of carbonyl (C=O) groups is 1. The van der Waals surface area contributed by atoms with Gasteiger partial charge in [-0.3, -0.25) is 0 Å². The minimum absolute atomic E-state index is 0.270. The second-order valence-corrected chi connectivity index (χ2v) is 6.40. The van der Waals surface area contributed by atoms with Gasteiger partial charge in [0.05, 0.1) is 0 Å². The predicted molar refractivity (Wildman–Crippen MR) is 82.8 cm³/mol. The lowest BCUT2D eigenvalue weighted by molar-refractivity contribution is -0.0210. The van der Waals surface area contributed by atoms with Gasteiger partial charge in [-0.2, -0.15) is 0 Å². The quantitative estimate of drug-likeness (QED) is 0.744. The van der Waals surface area contributed by atoms with Gasteiger partial charge in [0.15, 0.2) is 0 Å². The third kappa shape index (κ3) is 4.37. The van der Waals surface area contributed by atoms with Gasteiger partial charge in [0.1, 0.15) is 6.61 Å². The van der Waals surface area contributed by atoms with E-state index in [9.17, 15) is 4.79 Å². The van der Waals surface area contributed by atoms with Crippen molar-refractivity contribution in [3.63, 3.8) is 0 Å². The van der Waals surface area contributed by atoms with E-state index in [1.54, 1.807) is 0 Å². The third-order valence-electron chi connectivity index (χ3n) is 5.19. The van der Waals surface area contributed by atoms with Gasteiger partial charge in [-0.25, -0.2) is 4.79 Å². The number of rotatable bonds is 8. The molecule has 0 aromatic carbocycles. The molecule has 0 aromatic rings. The zero-order chi connectivity index (χ0) is 15.2. The molecular formula is C16H32N2O2. The molecule has 0 aliphatic heterocycles. The van der Waals surface area contributed by atoms with Crippen LogP contribution in [0.1, 0.15) is 47.5 Å². The van der Waals surface area contributed by atoms with Gasteiger partial charge in [-0.05, 0) is 36.8 Å². The summed E-state index contributed by atoms with van der Waals surface area (Å²) in [6.45, 7) is 15.1. The van der Waals surface area contributed by atoms with Crippen molar-refractivity contribution in [3.05, 3.63) is 0 Å². The van der Waals surface area contributed by atoms with Gasteiger partial charge in [-0.1, -0.05) is 41.0 Å². The van der Waals surface area contributed by atoms with Crippen molar-refractivity contribution in [2.45, 2.75) is 47.5 Å². The van der Waals surface area contributed by atoms with Crippen molar-refractivity contribution in [2.24, 2.45) is 17.3 Å². The number of carbonyl (C=O) groups excluding carboxylic acids is 1. The number of nitrogens with one attached hydrogen (secondary N) is 1. The van der Waals surface area contributed by atoms with Crippen LogP contribution < -0.4 is 5.32 Å². The molecular weight excluding hydrogens is 252 g/mol. The molecule has 4 heteroatoms. The zero-order valence-corrected chi connectivity index (χ0v) is 13.9. The second kappa shape index (κ2) is 7.87. The summed E-state index contributed by atoms with van der Waals surface area (Å²) >= 11 is 0. The number of nitrogens with zero attached hydrogens (tertiary/aromatic N) is 1. The summed E-state index contributed by atoms with van der Waals surface area (Å²) in [7, 11) is 0. The van der Waals surface area contributed by atoms with Crippen LogP contribution in [-0.4, -0.2) is 43.8 Å². The summed E-state index contributed by atoms with van der Waals surface area (Å²) < 4.78 is 5.22. The fourth-order valence-corrected chi connectivity index (χ4v) is 3.23. The van der Waals surface area contributed by atoms with E-state index in [1.165, 1.54) is 12.8 Å². The normalized spacial score (nSPS) is 24.3. The molecule has 0 saturated heterocycles. The smallest absolute Gasteiger partial charge is 0.407 e. The second-order valence-electron chi connectivity index (χ2n) is 6.40. The first kappa shape index (κ1) is 17.3. The lowest BCUT2D eigenvalue weighted by Gasteiger charge is -2.52. The van der Waals surface area contributed by atoms with Gasteiger partial charge in [-0.15, -0.1) is 0 Å². The Hall–Kier alpha value is -0.770.